The summed E-state index contributed by atoms with van der Waals surface area (Å²) in [5.74, 6) is 1.95. The van der Waals surface area contributed by atoms with E-state index in [0.717, 1.165) is 35.0 Å². The molecular weight excluding hydrogens is 202 g/mol. The molecule has 1 aliphatic heterocycles. The first kappa shape index (κ1) is 9.49. The maximum Gasteiger partial charge on any atom is 0.0957 e. The number of thioether (sulfide) groups is 1. The van der Waals surface area contributed by atoms with Gasteiger partial charge in [0.05, 0.1) is 10.6 Å². The maximum atomic E-state index is 10.1. The van der Waals surface area contributed by atoms with Crippen molar-refractivity contribution in [2.24, 2.45) is 0 Å². The summed E-state index contributed by atoms with van der Waals surface area (Å²) < 4.78 is 0. The molecule has 1 unspecified atom stereocenters. The number of aromatic nitrogens is 1. The van der Waals surface area contributed by atoms with Crippen LogP contribution < -0.4 is 0 Å². The summed E-state index contributed by atoms with van der Waals surface area (Å²) in [5.41, 5.74) is 0.587. The van der Waals surface area contributed by atoms with Crippen LogP contribution in [0.15, 0.2) is 5.38 Å². The second-order valence-electron chi connectivity index (χ2n) is 3.59. The van der Waals surface area contributed by atoms with Crippen molar-refractivity contribution in [3.05, 3.63) is 16.1 Å². The van der Waals surface area contributed by atoms with Crippen LogP contribution in [0, 0.1) is 6.92 Å². The topological polar surface area (TPSA) is 33.1 Å². The Hall–Kier alpha value is -0.0600. The summed E-state index contributed by atoms with van der Waals surface area (Å²) in [5, 5.41) is 13.2. The SMILES string of the molecule is Cc1csc(CC2(O)CCSC2)n1. The number of rotatable bonds is 2. The third-order valence-electron chi connectivity index (χ3n) is 2.23. The second-order valence-corrected chi connectivity index (χ2v) is 5.63. The number of thiazole rings is 1. The van der Waals surface area contributed by atoms with E-state index < -0.39 is 5.60 Å². The van der Waals surface area contributed by atoms with Gasteiger partial charge in [-0.25, -0.2) is 4.98 Å². The van der Waals surface area contributed by atoms with Gasteiger partial charge in [0, 0.05) is 23.2 Å². The highest BCUT2D eigenvalue weighted by molar-refractivity contribution is 7.99. The van der Waals surface area contributed by atoms with Crippen LogP contribution in [0.25, 0.3) is 0 Å². The van der Waals surface area contributed by atoms with E-state index in [4.69, 9.17) is 0 Å². The van der Waals surface area contributed by atoms with Gasteiger partial charge in [0.15, 0.2) is 0 Å². The molecule has 0 bridgehead atoms. The van der Waals surface area contributed by atoms with E-state index in [-0.39, 0.29) is 0 Å². The van der Waals surface area contributed by atoms with E-state index in [1.807, 2.05) is 24.1 Å². The molecule has 0 spiro atoms. The Kier molecular flexibility index (Phi) is 2.62. The molecule has 0 radical (unpaired) electrons. The average Bonchev–Trinajstić information content (AvgIpc) is 2.62. The Morgan fingerprint density at radius 2 is 2.54 bits per heavy atom. The van der Waals surface area contributed by atoms with Gasteiger partial charge < -0.3 is 5.11 Å². The highest BCUT2D eigenvalue weighted by Gasteiger charge is 2.32. The van der Waals surface area contributed by atoms with Gasteiger partial charge in [-0.05, 0) is 19.1 Å². The molecule has 1 aliphatic rings. The van der Waals surface area contributed by atoms with Crippen LogP contribution in [0.2, 0.25) is 0 Å². The quantitative estimate of drug-likeness (QED) is 0.817. The summed E-state index contributed by atoms with van der Waals surface area (Å²) >= 11 is 3.49. The molecule has 13 heavy (non-hydrogen) atoms. The van der Waals surface area contributed by atoms with Gasteiger partial charge in [-0.1, -0.05) is 0 Å². The van der Waals surface area contributed by atoms with E-state index in [1.165, 1.54) is 0 Å². The molecule has 0 aliphatic carbocycles. The van der Waals surface area contributed by atoms with Crippen LogP contribution in [0.5, 0.6) is 0 Å². The molecule has 1 N–H and O–H groups in total. The molecule has 1 fully saturated rings. The minimum Gasteiger partial charge on any atom is -0.389 e. The minimum atomic E-state index is -0.477. The van der Waals surface area contributed by atoms with Gasteiger partial charge in [-0.3, -0.25) is 0 Å². The van der Waals surface area contributed by atoms with E-state index in [9.17, 15) is 5.11 Å². The predicted octanol–water partition coefficient (Wildman–Crippen LogP) is 1.86. The van der Waals surface area contributed by atoms with Crippen LogP contribution >= 0.6 is 23.1 Å². The normalized spacial score (nSPS) is 28.2. The monoisotopic (exact) mass is 215 g/mol. The fourth-order valence-electron chi connectivity index (χ4n) is 1.50. The lowest BCUT2D eigenvalue weighted by Crippen LogP contribution is -2.30. The van der Waals surface area contributed by atoms with E-state index in [0.29, 0.717) is 0 Å². The second kappa shape index (κ2) is 3.59. The highest BCUT2D eigenvalue weighted by atomic mass is 32.2. The van der Waals surface area contributed by atoms with Crippen LogP contribution in [0.1, 0.15) is 17.1 Å². The molecule has 1 aromatic rings. The molecule has 2 nitrogen and oxygen atoms in total. The van der Waals surface area contributed by atoms with Gasteiger partial charge in [0.2, 0.25) is 0 Å². The molecule has 1 atom stereocenters. The summed E-state index contributed by atoms with van der Waals surface area (Å²) in [4.78, 5) is 4.37. The molecule has 4 heteroatoms. The molecule has 72 valence electrons. The molecule has 1 aromatic heterocycles. The standard InChI is InChI=1S/C9H13NOS2/c1-7-5-13-8(10-7)4-9(11)2-3-12-6-9/h5,11H,2-4,6H2,1H3. The van der Waals surface area contributed by atoms with Crippen LogP contribution in [0.3, 0.4) is 0 Å². The molecule has 2 rings (SSSR count). The molecule has 0 amide bonds. The lowest BCUT2D eigenvalue weighted by molar-refractivity contribution is 0.0686. The lowest BCUT2D eigenvalue weighted by atomic mass is 10.00. The zero-order chi connectivity index (χ0) is 9.31. The summed E-state index contributed by atoms with van der Waals surface area (Å²) in [6.45, 7) is 1.99. The fraction of sp³-hybridized carbons (Fsp3) is 0.667. The first-order valence-corrected chi connectivity index (χ1v) is 6.43. The number of hydrogen-bond acceptors (Lipinski definition) is 4. The molecule has 0 saturated carbocycles. The minimum absolute atomic E-state index is 0.477. The largest absolute Gasteiger partial charge is 0.389 e. The zero-order valence-corrected chi connectivity index (χ0v) is 9.25. The lowest BCUT2D eigenvalue weighted by Gasteiger charge is -2.19. The zero-order valence-electron chi connectivity index (χ0n) is 7.62. The van der Waals surface area contributed by atoms with Crippen molar-refractivity contribution in [2.75, 3.05) is 11.5 Å². The van der Waals surface area contributed by atoms with Gasteiger partial charge in [-0.15, -0.1) is 11.3 Å². The van der Waals surface area contributed by atoms with Gasteiger partial charge in [0.1, 0.15) is 0 Å². The van der Waals surface area contributed by atoms with Crippen LogP contribution in [0.4, 0.5) is 0 Å². The maximum absolute atomic E-state index is 10.1. The van der Waals surface area contributed by atoms with Crippen LogP contribution in [-0.4, -0.2) is 27.2 Å². The Labute approximate surface area is 86.4 Å². The number of aliphatic hydroxyl groups is 1. The third-order valence-corrected chi connectivity index (χ3v) is 4.43. The number of aryl methyl sites for hydroxylation is 1. The smallest absolute Gasteiger partial charge is 0.0957 e. The van der Waals surface area contributed by atoms with Crippen molar-refractivity contribution >= 4 is 23.1 Å². The van der Waals surface area contributed by atoms with E-state index in [2.05, 4.69) is 4.98 Å². The Balaban J connectivity index is 2.04. The van der Waals surface area contributed by atoms with Crippen molar-refractivity contribution in [2.45, 2.75) is 25.4 Å². The van der Waals surface area contributed by atoms with E-state index >= 15 is 0 Å². The van der Waals surface area contributed by atoms with Crippen molar-refractivity contribution in [3.8, 4) is 0 Å². The molecule has 2 heterocycles. The Morgan fingerprint density at radius 3 is 3.08 bits per heavy atom. The van der Waals surface area contributed by atoms with Gasteiger partial charge in [0.25, 0.3) is 0 Å². The summed E-state index contributed by atoms with van der Waals surface area (Å²) in [6, 6.07) is 0. The van der Waals surface area contributed by atoms with Crippen molar-refractivity contribution in [1.82, 2.24) is 4.98 Å². The highest BCUT2D eigenvalue weighted by Crippen LogP contribution is 2.31. The number of nitrogens with zero attached hydrogens (tertiary/aromatic N) is 1. The third kappa shape index (κ3) is 2.24. The van der Waals surface area contributed by atoms with Gasteiger partial charge in [-0.2, -0.15) is 11.8 Å². The fourth-order valence-corrected chi connectivity index (χ4v) is 3.70. The van der Waals surface area contributed by atoms with Crippen molar-refractivity contribution in [1.29, 1.82) is 0 Å². The van der Waals surface area contributed by atoms with Crippen molar-refractivity contribution < 1.29 is 5.11 Å². The summed E-state index contributed by atoms with van der Waals surface area (Å²) in [6.07, 6.45) is 1.65. The number of hydrogen-bond donors (Lipinski definition) is 1. The Morgan fingerprint density at radius 1 is 1.69 bits per heavy atom. The van der Waals surface area contributed by atoms with E-state index in [1.54, 1.807) is 11.3 Å². The molecule has 1 saturated heterocycles. The molecule has 0 aromatic carbocycles. The first-order chi connectivity index (χ1) is 6.18. The molecular formula is C9H13NOS2. The predicted molar refractivity (Wildman–Crippen MR) is 57.4 cm³/mol. The Bertz CT molecular complexity index is 292. The van der Waals surface area contributed by atoms with Crippen molar-refractivity contribution in [3.63, 3.8) is 0 Å². The average molecular weight is 215 g/mol. The van der Waals surface area contributed by atoms with Gasteiger partial charge >= 0.3 is 0 Å². The van der Waals surface area contributed by atoms with Crippen LogP contribution in [-0.2, 0) is 6.42 Å². The summed E-state index contributed by atoms with van der Waals surface area (Å²) in [7, 11) is 0. The first-order valence-electron chi connectivity index (χ1n) is 4.39.